The number of nitrogens with zero attached hydrogens (tertiary/aromatic N) is 1. The molecule has 0 radical (unpaired) electrons. The number of rotatable bonds is 18. The van der Waals surface area contributed by atoms with Crippen LogP contribution in [0.25, 0.3) is 17.2 Å². The molecule has 0 aliphatic rings. The largest absolute Gasteiger partial charge is 0.497 e. The molecule has 0 aliphatic carbocycles. The number of methoxy groups -OCH3 is 1. The van der Waals surface area contributed by atoms with Crippen LogP contribution in [0, 0.1) is 35.5 Å². The second-order valence-electron chi connectivity index (χ2n) is 18.0. The van der Waals surface area contributed by atoms with Crippen molar-refractivity contribution in [1.82, 2.24) is 10.2 Å². The first-order chi connectivity index (χ1) is 25.7. The predicted molar refractivity (Wildman–Crippen MR) is 247 cm³/mol. The van der Waals surface area contributed by atoms with Gasteiger partial charge in [0.05, 0.1) is 7.11 Å². The maximum Gasteiger partial charge on any atom is 0.118 e. The highest BCUT2D eigenvalue weighted by atomic mass is 16.5. The summed E-state index contributed by atoms with van der Waals surface area (Å²) in [6, 6.07) is 26.4. The van der Waals surface area contributed by atoms with Crippen LogP contribution < -0.4 is 5.32 Å². The zero-order chi connectivity index (χ0) is 42.0. The van der Waals surface area contributed by atoms with Gasteiger partial charge in [0.1, 0.15) is 5.76 Å². The van der Waals surface area contributed by atoms with E-state index in [-0.39, 0.29) is 0 Å². The van der Waals surface area contributed by atoms with E-state index in [4.69, 9.17) is 4.74 Å². The van der Waals surface area contributed by atoms with Crippen molar-refractivity contribution in [1.29, 1.82) is 0 Å². The van der Waals surface area contributed by atoms with Gasteiger partial charge in [-0.1, -0.05) is 176 Å². The van der Waals surface area contributed by atoms with Crippen LogP contribution in [-0.2, 0) is 4.74 Å². The molecule has 0 heterocycles. The minimum absolute atomic E-state index is 0.634. The van der Waals surface area contributed by atoms with Crippen LogP contribution in [0.5, 0.6) is 0 Å². The fourth-order valence-electron chi connectivity index (χ4n) is 7.19. The van der Waals surface area contributed by atoms with Crippen molar-refractivity contribution in [2.45, 2.75) is 120 Å². The predicted octanol–water partition coefficient (Wildman–Crippen LogP) is 14.8. The van der Waals surface area contributed by atoms with Gasteiger partial charge in [0.25, 0.3) is 0 Å². The first-order valence-electron chi connectivity index (χ1n) is 21.0. The molecule has 3 rings (SSSR count). The summed E-state index contributed by atoms with van der Waals surface area (Å²) in [5.74, 6) is 6.92. The summed E-state index contributed by atoms with van der Waals surface area (Å²) in [5, 5.41) is 3.09. The lowest BCUT2D eigenvalue weighted by atomic mass is 9.82. The van der Waals surface area contributed by atoms with Crippen LogP contribution in [0.1, 0.15) is 153 Å². The molecule has 3 atom stereocenters. The quantitative estimate of drug-likeness (QED) is 0.131. The second-order valence-corrected chi connectivity index (χ2v) is 18.0. The number of hydrogen-bond acceptors (Lipinski definition) is 3. The van der Waals surface area contributed by atoms with Gasteiger partial charge in [-0.15, -0.1) is 0 Å². The van der Waals surface area contributed by atoms with E-state index >= 15 is 0 Å². The summed E-state index contributed by atoms with van der Waals surface area (Å²) < 4.78 is 5.15. The average molecular weight is 751 g/mol. The van der Waals surface area contributed by atoms with Gasteiger partial charge in [0, 0.05) is 38.1 Å². The molecule has 3 unspecified atom stereocenters. The molecule has 3 heteroatoms. The summed E-state index contributed by atoms with van der Waals surface area (Å²) in [7, 11) is 7.63. The highest BCUT2D eigenvalue weighted by Crippen LogP contribution is 2.34. The Hall–Kier alpha value is -3.72. The standard InChI is InChI=1S/C18H29N.C17H27N.C17H26O/c1-13(2)12-18(14(3)4)17-10-8-16(9-11-17)15(5)19(6)7;2*1-12(2)11-17(13(3)4)16-9-7-15(8-10-16)14(5)18-6/h8-11,13-14,18H,5,12H2,1-4,6-7H3;7-10,12-13,17-18H,5,11H2,1-4,6H3;7-10,12-13,17H,5,11H2,1-4,6H3. The van der Waals surface area contributed by atoms with E-state index in [0.717, 1.165) is 40.5 Å². The highest BCUT2D eigenvalue weighted by Gasteiger charge is 2.19. The zero-order valence-corrected chi connectivity index (χ0v) is 38.2. The van der Waals surface area contributed by atoms with Crippen molar-refractivity contribution in [2.24, 2.45) is 35.5 Å². The molecule has 306 valence electrons. The van der Waals surface area contributed by atoms with E-state index in [0.29, 0.717) is 35.5 Å². The Morgan fingerprint density at radius 2 is 0.800 bits per heavy atom. The van der Waals surface area contributed by atoms with Crippen molar-refractivity contribution in [3.8, 4) is 0 Å². The molecule has 55 heavy (non-hydrogen) atoms. The van der Waals surface area contributed by atoms with E-state index in [1.807, 2.05) is 21.1 Å². The maximum absolute atomic E-state index is 5.15. The van der Waals surface area contributed by atoms with Gasteiger partial charge in [-0.3, -0.25) is 0 Å². The van der Waals surface area contributed by atoms with E-state index < -0.39 is 0 Å². The molecular weight excluding hydrogens is 669 g/mol. The Bertz CT molecular complexity index is 1440. The van der Waals surface area contributed by atoms with Gasteiger partial charge >= 0.3 is 0 Å². The molecular formula is C52H82N2O. The SMILES string of the molecule is C=C(NC)c1ccc(C(CC(C)C)C(C)C)cc1.C=C(OC)c1ccc(C(CC(C)C)C(C)C)cc1.C=C(c1ccc(C(CC(C)C)C(C)C)cc1)N(C)C. The average Bonchev–Trinajstić information content (AvgIpc) is 3.14. The van der Waals surface area contributed by atoms with Crippen molar-refractivity contribution < 1.29 is 4.74 Å². The third-order valence-electron chi connectivity index (χ3n) is 10.7. The molecule has 3 aromatic carbocycles. The molecule has 0 aromatic heterocycles. The third kappa shape index (κ3) is 17.3. The normalized spacial score (nSPS) is 12.8. The van der Waals surface area contributed by atoms with Gasteiger partial charge in [-0.05, 0) is 100 Å². The first-order valence-corrected chi connectivity index (χ1v) is 21.0. The lowest BCUT2D eigenvalue weighted by Gasteiger charge is -2.24. The van der Waals surface area contributed by atoms with E-state index in [1.165, 1.54) is 47.1 Å². The molecule has 0 spiro atoms. The van der Waals surface area contributed by atoms with E-state index in [1.54, 1.807) is 7.11 Å². The lowest BCUT2D eigenvalue weighted by molar-refractivity contribution is 0.371. The smallest absolute Gasteiger partial charge is 0.118 e. The number of nitrogens with one attached hydrogen (secondary N) is 1. The molecule has 3 nitrogen and oxygen atoms in total. The van der Waals surface area contributed by atoms with Crippen LogP contribution in [-0.4, -0.2) is 33.2 Å². The van der Waals surface area contributed by atoms with Crippen LogP contribution in [0.2, 0.25) is 0 Å². The van der Waals surface area contributed by atoms with Crippen LogP contribution in [0.3, 0.4) is 0 Å². The van der Waals surface area contributed by atoms with E-state index in [2.05, 4.69) is 186 Å². The van der Waals surface area contributed by atoms with Gasteiger partial charge in [-0.2, -0.15) is 0 Å². The lowest BCUT2D eigenvalue weighted by Crippen LogP contribution is -2.11. The van der Waals surface area contributed by atoms with Crippen molar-refractivity contribution in [3.63, 3.8) is 0 Å². The Morgan fingerprint density at radius 3 is 1.04 bits per heavy atom. The van der Waals surface area contributed by atoms with E-state index in [9.17, 15) is 0 Å². The van der Waals surface area contributed by atoms with Crippen molar-refractivity contribution in [2.75, 3.05) is 28.3 Å². The summed E-state index contributed by atoms with van der Waals surface area (Å²) in [5.41, 5.74) is 9.82. The Kier molecular flexibility index (Phi) is 22.2. The number of hydrogen-bond donors (Lipinski definition) is 1. The molecule has 0 saturated heterocycles. The Balaban J connectivity index is 0.000000413. The maximum atomic E-state index is 5.15. The van der Waals surface area contributed by atoms with Crippen LogP contribution in [0.15, 0.2) is 92.5 Å². The minimum atomic E-state index is 0.634. The summed E-state index contributed by atoms with van der Waals surface area (Å²) in [6.07, 6.45) is 3.75. The molecule has 1 N–H and O–H groups in total. The Morgan fingerprint density at radius 1 is 0.509 bits per heavy atom. The summed E-state index contributed by atoms with van der Waals surface area (Å²) >= 11 is 0. The summed E-state index contributed by atoms with van der Waals surface area (Å²) in [6.45, 7) is 39.6. The van der Waals surface area contributed by atoms with Gasteiger partial charge in [-0.25, -0.2) is 0 Å². The van der Waals surface area contributed by atoms with Crippen LogP contribution >= 0.6 is 0 Å². The number of benzene rings is 3. The fraction of sp³-hybridized carbons (Fsp3) is 0.538. The molecule has 0 fully saturated rings. The van der Waals surface area contributed by atoms with Gasteiger partial charge in [0.15, 0.2) is 0 Å². The third-order valence-corrected chi connectivity index (χ3v) is 10.7. The topological polar surface area (TPSA) is 24.5 Å². The zero-order valence-electron chi connectivity index (χ0n) is 38.2. The van der Waals surface area contributed by atoms with Gasteiger partial charge in [0.2, 0.25) is 0 Å². The highest BCUT2D eigenvalue weighted by molar-refractivity contribution is 5.62. The van der Waals surface area contributed by atoms with Crippen molar-refractivity contribution >= 4 is 17.2 Å². The minimum Gasteiger partial charge on any atom is -0.497 e. The molecule has 3 aromatic rings. The first kappa shape index (κ1) is 49.3. The monoisotopic (exact) mass is 751 g/mol. The molecule has 0 saturated carbocycles. The molecule has 0 bridgehead atoms. The molecule has 0 aliphatic heterocycles. The molecule has 0 amide bonds. The second kappa shape index (κ2) is 24.7. The van der Waals surface area contributed by atoms with Crippen LogP contribution in [0.4, 0.5) is 0 Å². The Labute approximate surface area is 340 Å². The van der Waals surface area contributed by atoms with Crippen molar-refractivity contribution in [3.05, 3.63) is 126 Å². The fourth-order valence-corrected chi connectivity index (χ4v) is 7.19. The summed E-state index contributed by atoms with van der Waals surface area (Å²) in [4.78, 5) is 2.06. The number of ether oxygens (including phenoxy) is 1. The van der Waals surface area contributed by atoms with Gasteiger partial charge < -0.3 is 15.0 Å².